The van der Waals surface area contributed by atoms with Crippen molar-refractivity contribution in [3.05, 3.63) is 12.3 Å². The molecule has 0 aliphatic heterocycles. The first kappa shape index (κ1) is 8.38. The molecule has 1 aromatic heterocycles. The molecule has 0 spiro atoms. The lowest BCUT2D eigenvalue weighted by atomic mass is 10.6. The van der Waals surface area contributed by atoms with Crippen LogP contribution in [0.15, 0.2) is 12.3 Å². The van der Waals surface area contributed by atoms with Crippen LogP contribution in [0.3, 0.4) is 0 Å². The zero-order chi connectivity index (χ0) is 8.97. The Morgan fingerprint density at radius 2 is 2.58 bits per heavy atom. The molecule has 6 heteroatoms. The first-order valence-electron chi connectivity index (χ1n) is 3.44. The molecule has 0 aliphatic carbocycles. The normalized spacial score (nSPS) is 9.67. The van der Waals surface area contributed by atoms with E-state index in [-0.39, 0.29) is 0 Å². The van der Waals surface area contributed by atoms with E-state index in [1.54, 1.807) is 16.9 Å². The Bertz CT molecular complexity index is 270. The summed E-state index contributed by atoms with van der Waals surface area (Å²) in [7, 11) is 0. The molecule has 0 bridgehead atoms. The van der Waals surface area contributed by atoms with E-state index in [1.165, 1.54) is 0 Å². The van der Waals surface area contributed by atoms with Crippen LogP contribution in [0.4, 0.5) is 10.6 Å². The molecule has 0 atom stereocenters. The summed E-state index contributed by atoms with van der Waals surface area (Å²) in [5.74, 6) is 0.435. The maximum absolute atomic E-state index is 10.0. The molecule has 1 amide bonds. The Labute approximate surface area is 69.0 Å². The van der Waals surface area contributed by atoms with Gasteiger partial charge in [0, 0.05) is 12.7 Å². The fourth-order valence-electron chi connectivity index (χ4n) is 0.779. The number of carbonyl (C=O) groups is 1. The lowest BCUT2D eigenvalue weighted by Gasteiger charge is -2.00. The smallest absolute Gasteiger partial charge is 0.404 e. The average Bonchev–Trinajstić information content (AvgIpc) is 2.35. The number of aromatic nitrogens is 2. The highest BCUT2D eigenvalue weighted by Gasteiger charge is 1.95. The number of hydrogen-bond acceptors (Lipinski definition) is 3. The van der Waals surface area contributed by atoms with Gasteiger partial charge in [-0.25, -0.2) is 4.79 Å². The van der Waals surface area contributed by atoms with Crippen molar-refractivity contribution in [2.45, 2.75) is 6.54 Å². The molecule has 0 saturated heterocycles. The molecule has 4 N–H and O–H groups in total. The summed E-state index contributed by atoms with van der Waals surface area (Å²) in [6, 6.07) is 1.65. The van der Waals surface area contributed by atoms with Gasteiger partial charge in [-0.3, -0.25) is 4.68 Å². The summed E-state index contributed by atoms with van der Waals surface area (Å²) in [6.07, 6.45) is 0.661. The number of carboxylic acid groups (broad SMARTS) is 1. The van der Waals surface area contributed by atoms with Gasteiger partial charge in [0.15, 0.2) is 0 Å². The van der Waals surface area contributed by atoms with Gasteiger partial charge in [0.2, 0.25) is 0 Å². The maximum atomic E-state index is 10.0. The van der Waals surface area contributed by atoms with E-state index in [1.807, 2.05) is 0 Å². The largest absolute Gasteiger partial charge is 0.465 e. The van der Waals surface area contributed by atoms with Crippen molar-refractivity contribution in [2.24, 2.45) is 0 Å². The zero-order valence-electron chi connectivity index (χ0n) is 6.40. The van der Waals surface area contributed by atoms with Crippen LogP contribution in [0.25, 0.3) is 0 Å². The van der Waals surface area contributed by atoms with Crippen LogP contribution in [0.5, 0.6) is 0 Å². The van der Waals surface area contributed by atoms with E-state index in [0.717, 1.165) is 0 Å². The van der Waals surface area contributed by atoms with E-state index in [4.69, 9.17) is 10.8 Å². The third kappa shape index (κ3) is 2.49. The molecule has 0 aliphatic rings. The van der Waals surface area contributed by atoms with Crippen molar-refractivity contribution in [3.8, 4) is 0 Å². The average molecular weight is 170 g/mol. The Morgan fingerprint density at radius 1 is 1.83 bits per heavy atom. The second-order valence-corrected chi connectivity index (χ2v) is 2.24. The number of amides is 1. The maximum Gasteiger partial charge on any atom is 0.404 e. The van der Waals surface area contributed by atoms with Gasteiger partial charge in [0.25, 0.3) is 0 Å². The highest BCUT2D eigenvalue weighted by molar-refractivity contribution is 5.64. The van der Waals surface area contributed by atoms with Gasteiger partial charge in [0.05, 0.1) is 6.54 Å². The summed E-state index contributed by atoms with van der Waals surface area (Å²) in [5.41, 5.74) is 5.34. The number of nitrogens with zero attached hydrogens (tertiary/aromatic N) is 2. The summed E-state index contributed by atoms with van der Waals surface area (Å²) in [4.78, 5) is 10.0. The molecule has 1 heterocycles. The van der Waals surface area contributed by atoms with Crippen LogP contribution < -0.4 is 11.1 Å². The van der Waals surface area contributed by atoms with Crippen LogP contribution in [-0.2, 0) is 6.54 Å². The van der Waals surface area contributed by atoms with Gasteiger partial charge >= 0.3 is 6.09 Å². The molecule has 66 valence electrons. The van der Waals surface area contributed by atoms with Gasteiger partial charge in [-0.1, -0.05) is 0 Å². The van der Waals surface area contributed by atoms with Gasteiger partial charge in [-0.2, -0.15) is 5.10 Å². The van der Waals surface area contributed by atoms with Crippen molar-refractivity contribution < 1.29 is 9.90 Å². The van der Waals surface area contributed by atoms with E-state index in [0.29, 0.717) is 18.9 Å². The second-order valence-electron chi connectivity index (χ2n) is 2.24. The molecule has 0 aromatic carbocycles. The van der Waals surface area contributed by atoms with Crippen molar-refractivity contribution in [3.63, 3.8) is 0 Å². The van der Waals surface area contributed by atoms with E-state index < -0.39 is 6.09 Å². The van der Waals surface area contributed by atoms with Crippen LogP contribution in [0.1, 0.15) is 0 Å². The Morgan fingerprint density at radius 3 is 3.08 bits per heavy atom. The molecule has 0 unspecified atom stereocenters. The Hall–Kier alpha value is -1.72. The molecule has 1 aromatic rings. The third-order valence-corrected chi connectivity index (χ3v) is 1.28. The molecule has 0 radical (unpaired) electrons. The number of nitrogens with two attached hydrogens (primary N) is 1. The van der Waals surface area contributed by atoms with Gasteiger partial charge in [0.1, 0.15) is 5.82 Å². The topological polar surface area (TPSA) is 93.2 Å². The predicted molar refractivity (Wildman–Crippen MR) is 42.7 cm³/mol. The summed E-state index contributed by atoms with van der Waals surface area (Å²) < 4.78 is 1.57. The lowest BCUT2D eigenvalue weighted by Crippen LogP contribution is -2.25. The molecular formula is C6H10N4O2. The molecule has 0 fully saturated rings. The van der Waals surface area contributed by atoms with E-state index in [2.05, 4.69) is 10.4 Å². The summed E-state index contributed by atoms with van der Waals surface area (Å²) >= 11 is 0. The number of anilines is 1. The van der Waals surface area contributed by atoms with E-state index >= 15 is 0 Å². The van der Waals surface area contributed by atoms with Crippen LogP contribution in [0.2, 0.25) is 0 Å². The van der Waals surface area contributed by atoms with Crippen molar-refractivity contribution in [1.82, 2.24) is 15.1 Å². The van der Waals surface area contributed by atoms with Crippen molar-refractivity contribution in [1.29, 1.82) is 0 Å². The minimum atomic E-state index is -1.03. The lowest BCUT2D eigenvalue weighted by molar-refractivity contribution is 0.194. The highest BCUT2D eigenvalue weighted by atomic mass is 16.4. The quantitative estimate of drug-likeness (QED) is 0.582. The monoisotopic (exact) mass is 170 g/mol. The SMILES string of the molecule is Nc1ccn(CCNC(=O)O)n1. The minimum absolute atomic E-state index is 0.330. The van der Waals surface area contributed by atoms with Gasteiger partial charge < -0.3 is 16.2 Å². The van der Waals surface area contributed by atoms with Gasteiger partial charge in [-0.05, 0) is 6.07 Å². The minimum Gasteiger partial charge on any atom is -0.465 e. The fourth-order valence-corrected chi connectivity index (χ4v) is 0.779. The molecule has 12 heavy (non-hydrogen) atoms. The standard InChI is InChI=1S/C6H10N4O2/c7-5-1-3-10(9-5)4-2-8-6(11)12/h1,3,8H,2,4H2,(H2,7,9)(H,11,12). The van der Waals surface area contributed by atoms with Gasteiger partial charge in [-0.15, -0.1) is 0 Å². The van der Waals surface area contributed by atoms with Crippen LogP contribution in [-0.4, -0.2) is 27.5 Å². The number of hydrogen-bond donors (Lipinski definition) is 3. The Balaban J connectivity index is 2.29. The van der Waals surface area contributed by atoms with Crippen LogP contribution in [0, 0.1) is 0 Å². The molecule has 6 nitrogen and oxygen atoms in total. The third-order valence-electron chi connectivity index (χ3n) is 1.28. The van der Waals surface area contributed by atoms with E-state index in [9.17, 15) is 4.79 Å². The number of nitrogen functional groups attached to an aromatic ring is 1. The second kappa shape index (κ2) is 3.61. The summed E-state index contributed by atoms with van der Waals surface area (Å²) in [6.45, 7) is 0.819. The molecule has 0 saturated carbocycles. The zero-order valence-corrected chi connectivity index (χ0v) is 6.40. The van der Waals surface area contributed by atoms with Crippen LogP contribution >= 0.6 is 0 Å². The first-order valence-corrected chi connectivity index (χ1v) is 3.44. The first-order chi connectivity index (χ1) is 5.68. The highest BCUT2D eigenvalue weighted by Crippen LogP contribution is 1.94. The Kier molecular flexibility index (Phi) is 2.52. The fraction of sp³-hybridized carbons (Fsp3) is 0.333. The summed E-state index contributed by atoms with van der Waals surface area (Å²) in [5, 5.41) is 14.3. The van der Waals surface area contributed by atoms with Crippen molar-refractivity contribution >= 4 is 11.9 Å². The number of rotatable bonds is 3. The molecular weight excluding hydrogens is 160 g/mol. The number of nitrogens with one attached hydrogen (secondary N) is 1. The predicted octanol–water partition coefficient (Wildman–Crippen LogP) is -0.267. The molecule has 1 rings (SSSR count). The van der Waals surface area contributed by atoms with Crippen molar-refractivity contribution in [2.75, 3.05) is 12.3 Å².